The lowest BCUT2D eigenvalue weighted by atomic mass is 10.0. The van der Waals surface area contributed by atoms with E-state index in [1.54, 1.807) is 17.7 Å². The molecule has 0 saturated carbocycles. The maximum atomic E-state index is 13.5. The van der Waals surface area contributed by atoms with E-state index in [4.69, 9.17) is 15.2 Å². The van der Waals surface area contributed by atoms with E-state index in [9.17, 15) is 4.79 Å². The summed E-state index contributed by atoms with van der Waals surface area (Å²) in [6, 6.07) is 21.2. The van der Waals surface area contributed by atoms with Gasteiger partial charge >= 0.3 is 6.09 Å². The van der Waals surface area contributed by atoms with Crippen molar-refractivity contribution in [3.63, 3.8) is 0 Å². The molecule has 0 spiro atoms. The van der Waals surface area contributed by atoms with Crippen LogP contribution in [0.15, 0.2) is 66.7 Å². The molecule has 164 valence electrons. The molecule has 0 amide bonds. The number of pyridine rings is 1. The zero-order chi connectivity index (χ0) is 22.9. The fourth-order valence-electron chi connectivity index (χ4n) is 3.81. The monoisotopic (exact) mass is 429 g/mol. The summed E-state index contributed by atoms with van der Waals surface area (Å²) in [6.45, 7) is 5.57. The summed E-state index contributed by atoms with van der Waals surface area (Å²) in [4.78, 5) is 17.9. The van der Waals surface area contributed by atoms with Crippen molar-refractivity contribution in [2.24, 2.45) is 0 Å². The summed E-state index contributed by atoms with van der Waals surface area (Å²) >= 11 is 0. The van der Waals surface area contributed by atoms with Crippen molar-refractivity contribution in [1.82, 2.24) is 9.55 Å². The highest BCUT2D eigenvalue weighted by Gasteiger charge is 2.27. The maximum absolute atomic E-state index is 13.5. The second-order valence-corrected chi connectivity index (χ2v) is 8.62. The first-order valence-electron chi connectivity index (χ1n) is 10.5. The molecule has 0 atom stereocenters. The molecule has 6 heteroatoms. The molecule has 0 aliphatic carbocycles. The van der Waals surface area contributed by atoms with Crippen LogP contribution in [0.25, 0.3) is 22.2 Å². The van der Waals surface area contributed by atoms with Gasteiger partial charge in [0.15, 0.2) is 0 Å². The Kier molecular flexibility index (Phi) is 5.61. The number of fused-ring (bicyclic) bond motifs is 1. The largest absolute Gasteiger partial charge is 0.497 e. The number of benzene rings is 2. The number of rotatable bonds is 4. The number of hydrogen-bond acceptors (Lipinski definition) is 5. The summed E-state index contributed by atoms with van der Waals surface area (Å²) in [6.07, 6.45) is 0.0647. The first-order chi connectivity index (χ1) is 15.3. The molecule has 2 aromatic heterocycles. The Labute approximate surface area is 187 Å². The van der Waals surface area contributed by atoms with E-state index >= 15 is 0 Å². The summed E-state index contributed by atoms with van der Waals surface area (Å²) in [5.41, 5.74) is 9.48. The van der Waals surface area contributed by atoms with Crippen LogP contribution in [0, 0.1) is 0 Å². The first-order valence-corrected chi connectivity index (χ1v) is 10.5. The van der Waals surface area contributed by atoms with Gasteiger partial charge in [0, 0.05) is 23.6 Å². The van der Waals surface area contributed by atoms with Crippen molar-refractivity contribution < 1.29 is 14.3 Å². The number of aromatic nitrogens is 2. The van der Waals surface area contributed by atoms with Crippen LogP contribution in [0.3, 0.4) is 0 Å². The van der Waals surface area contributed by atoms with Crippen LogP contribution < -0.4 is 10.5 Å². The van der Waals surface area contributed by atoms with Gasteiger partial charge in [-0.05, 0) is 56.2 Å². The van der Waals surface area contributed by atoms with Gasteiger partial charge in [0.1, 0.15) is 17.2 Å². The fourth-order valence-corrected chi connectivity index (χ4v) is 3.81. The molecular weight excluding hydrogens is 402 g/mol. The molecule has 2 N–H and O–H groups in total. The Morgan fingerprint density at radius 2 is 1.78 bits per heavy atom. The number of nitrogens with two attached hydrogens (primary N) is 1. The summed E-state index contributed by atoms with van der Waals surface area (Å²) < 4.78 is 12.9. The minimum atomic E-state index is -0.643. The molecule has 4 aromatic rings. The Morgan fingerprint density at radius 3 is 2.44 bits per heavy atom. The second-order valence-electron chi connectivity index (χ2n) is 8.62. The molecule has 4 rings (SSSR count). The number of carbonyl (C=O) groups is 1. The third kappa shape index (κ3) is 4.30. The van der Waals surface area contributed by atoms with E-state index in [1.165, 1.54) is 0 Å². The molecule has 0 unspecified atom stereocenters. The van der Waals surface area contributed by atoms with Crippen LogP contribution in [0.5, 0.6) is 5.75 Å². The number of carbonyl (C=O) groups excluding carboxylic acids is 1. The van der Waals surface area contributed by atoms with Crippen molar-refractivity contribution >= 4 is 22.8 Å². The lowest BCUT2D eigenvalue weighted by Gasteiger charge is -2.21. The number of hydrogen-bond donors (Lipinski definition) is 1. The van der Waals surface area contributed by atoms with Crippen molar-refractivity contribution in [3.05, 3.63) is 78.0 Å². The number of nitrogens with zero attached hydrogens (tertiary/aromatic N) is 2. The third-order valence-electron chi connectivity index (χ3n) is 5.09. The normalized spacial score (nSPS) is 11.5. The highest BCUT2D eigenvalue weighted by atomic mass is 16.6. The van der Waals surface area contributed by atoms with Gasteiger partial charge in [-0.2, -0.15) is 0 Å². The SMILES string of the molecule is COc1ccc2c(Cc3cccc(N)n3)c(-c3ccccc3)n(C(=O)OC(C)(C)C)c2c1. The molecule has 0 aliphatic heterocycles. The molecule has 0 saturated heterocycles. The number of methoxy groups -OCH3 is 1. The Balaban J connectivity index is 2.03. The van der Waals surface area contributed by atoms with Crippen LogP contribution in [0.1, 0.15) is 32.0 Å². The van der Waals surface area contributed by atoms with Crippen molar-refractivity contribution in [2.45, 2.75) is 32.8 Å². The van der Waals surface area contributed by atoms with Gasteiger partial charge in [-0.3, -0.25) is 0 Å². The molecule has 0 radical (unpaired) electrons. The van der Waals surface area contributed by atoms with Gasteiger partial charge < -0.3 is 15.2 Å². The smallest absolute Gasteiger partial charge is 0.419 e. The Hall–Kier alpha value is -3.80. The topological polar surface area (TPSA) is 79.4 Å². The molecule has 2 aromatic carbocycles. The minimum absolute atomic E-state index is 0.443. The van der Waals surface area contributed by atoms with Gasteiger partial charge in [-0.1, -0.05) is 36.4 Å². The van der Waals surface area contributed by atoms with Crippen molar-refractivity contribution in [3.8, 4) is 17.0 Å². The summed E-state index contributed by atoms with van der Waals surface area (Å²) in [5, 5.41) is 0.930. The number of anilines is 1. The van der Waals surface area contributed by atoms with E-state index < -0.39 is 11.7 Å². The molecule has 32 heavy (non-hydrogen) atoms. The van der Waals surface area contributed by atoms with E-state index in [2.05, 4.69) is 4.98 Å². The van der Waals surface area contributed by atoms with Crippen LogP contribution in [-0.2, 0) is 11.2 Å². The van der Waals surface area contributed by atoms with E-state index in [0.29, 0.717) is 18.0 Å². The molecule has 6 nitrogen and oxygen atoms in total. The van der Waals surface area contributed by atoms with E-state index in [0.717, 1.165) is 33.4 Å². The maximum Gasteiger partial charge on any atom is 0.419 e. The fraction of sp³-hybridized carbons (Fsp3) is 0.231. The first kappa shape index (κ1) is 21.4. The number of ether oxygens (including phenoxy) is 2. The zero-order valence-corrected chi connectivity index (χ0v) is 18.8. The highest BCUT2D eigenvalue weighted by Crippen LogP contribution is 2.37. The van der Waals surface area contributed by atoms with Crippen molar-refractivity contribution in [1.29, 1.82) is 0 Å². The highest BCUT2D eigenvalue weighted by molar-refractivity contribution is 6.00. The number of nitrogen functional groups attached to an aromatic ring is 1. The molecular formula is C26H27N3O3. The second kappa shape index (κ2) is 8.38. The zero-order valence-electron chi connectivity index (χ0n) is 18.8. The van der Waals surface area contributed by atoms with Gasteiger partial charge in [0.25, 0.3) is 0 Å². The van der Waals surface area contributed by atoms with Gasteiger partial charge in [-0.25, -0.2) is 14.3 Å². The van der Waals surface area contributed by atoms with Gasteiger partial charge in [-0.15, -0.1) is 0 Å². The van der Waals surface area contributed by atoms with Crippen LogP contribution in [-0.4, -0.2) is 28.4 Å². The molecule has 0 bridgehead atoms. The molecule has 2 heterocycles. The average molecular weight is 430 g/mol. The standard InChI is InChI=1S/C26H27N3O3/c1-26(2,3)32-25(30)29-22-16-19(31-4)13-14-20(22)21(15-18-11-8-12-23(27)28-18)24(29)17-9-6-5-7-10-17/h5-14,16H,15H2,1-4H3,(H2,27,28). The van der Waals surface area contributed by atoms with Gasteiger partial charge in [0.05, 0.1) is 18.3 Å². The van der Waals surface area contributed by atoms with Crippen molar-refractivity contribution in [2.75, 3.05) is 12.8 Å². The van der Waals surface area contributed by atoms with E-state index in [1.807, 2.05) is 81.4 Å². The third-order valence-corrected chi connectivity index (χ3v) is 5.09. The predicted molar refractivity (Wildman–Crippen MR) is 127 cm³/mol. The quantitative estimate of drug-likeness (QED) is 0.452. The average Bonchev–Trinajstić information content (AvgIpc) is 3.06. The molecule has 0 fully saturated rings. The minimum Gasteiger partial charge on any atom is -0.497 e. The van der Waals surface area contributed by atoms with Crippen LogP contribution in [0.2, 0.25) is 0 Å². The van der Waals surface area contributed by atoms with Gasteiger partial charge in [0.2, 0.25) is 0 Å². The molecule has 0 aliphatic rings. The summed E-state index contributed by atoms with van der Waals surface area (Å²) in [5.74, 6) is 1.12. The van der Waals surface area contributed by atoms with E-state index in [-0.39, 0.29) is 0 Å². The predicted octanol–water partition coefficient (Wildman–Crippen LogP) is 5.67. The summed E-state index contributed by atoms with van der Waals surface area (Å²) in [7, 11) is 1.61. The lowest BCUT2D eigenvalue weighted by molar-refractivity contribution is 0.0547. The Bertz CT molecular complexity index is 1270. The van der Waals surface area contributed by atoms with Crippen LogP contribution >= 0.6 is 0 Å². The Morgan fingerprint density at radius 1 is 1.03 bits per heavy atom. The lowest BCUT2D eigenvalue weighted by Crippen LogP contribution is -2.27. The van der Waals surface area contributed by atoms with Crippen LogP contribution in [0.4, 0.5) is 10.6 Å².